The van der Waals surface area contributed by atoms with Gasteiger partial charge < -0.3 is 15.7 Å². The molecule has 0 aromatic rings. The largest absolute Gasteiger partial charge is 0.391 e. The molecule has 3 N–H and O–H groups in total. The number of aliphatic hydroxyl groups excluding tert-OH is 1. The van der Waals surface area contributed by atoms with Crippen LogP contribution < -0.4 is 5.73 Å². The van der Waals surface area contributed by atoms with E-state index in [1.165, 1.54) is 0 Å². The maximum Gasteiger partial charge on any atom is 0.227 e. The lowest BCUT2D eigenvalue weighted by atomic mass is 9.90. The van der Waals surface area contributed by atoms with Crippen LogP contribution in [-0.2, 0) is 4.79 Å². The van der Waals surface area contributed by atoms with Gasteiger partial charge in [0.1, 0.15) is 0 Å². The van der Waals surface area contributed by atoms with Gasteiger partial charge in [0.15, 0.2) is 0 Å². The van der Waals surface area contributed by atoms with Gasteiger partial charge in [-0.05, 0) is 19.8 Å². The number of rotatable bonds is 3. The van der Waals surface area contributed by atoms with Crippen molar-refractivity contribution in [3.8, 4) is 0 Å². The highest BCUT2D eigenvalue weighted by molar-refractivity contribution is 5.79. The summed E-state index contributed by atoms with van der Waals surface area (Å²) < 4.78 is 0. The number of hydrogen-bond donors (Lipinski definition) is 2. The fraction of sp³-hybridized carbons (Fsp3) is 0.917. The van der Waals surface area contributed by atoms with E-state index in [4.69, 9.17) is 5.73 Å². The molecule has 1 amide bonds. The van der Waals surface area contributed by atoms with Crippen LogP contribution in [0.1, 0.15) is 39.5 Å². The molecule has 0 spiro atoms. The van der Waals surface area contributed by atoms with Crippen molar-refractivity contribution in [2.24, 2.45) is 11.7 Å². The predicted octanol–water partition coefficient (Wildman–Crippen LogP) is 0.732. The third-order valence-electron chi connectivity index (χ3n) is 3.72. The summed E-state index contributed by atoms with van der Waals surface area (Å²) in [7, 11) is 1.78. The Labute approximate surface area is 97.8 Å². The van der Waals surface area contributed by atoms with Gasteiger partial charge in [0, 0.05) is 13.1 Å². The second-order valence-corrected chi connectivity index (χ2v) is 5.02. The Morgan fingerprint density at radius 1 is 1.38 bits per heavy atom. The highest BCUT2D eigenvalue weighted by Crippen LogP contribution is 2.23. The first-order chi connectivity index (χ1) is 7.45. The number of likely N-dealkylation sites (N-methyl/N-ethyl adjacent to an activating group) is 1. The lowest BCUT2D eigenvalue weighted by Gasteiger charge is -2.37. The molecule has 4 unspecified atom stereocenters. The summed E-state index contributed by atoms with van der Waals surface area (Å²) in [5.41, 5.74) is 5.73. The van der Waals surface area contributed by atoms with E-state index in [0.29, 0.717) is 0 Å². The van der Waals surface area contributed by atoms with E-state index in [-0.39, 0.29) is 30.0 Å². The Hall–Kier alpha value is -0.610. The van der Waals surface area contributed by atoms with Crippen molar-refractivity contribution < 1.29 is 9.90 Å². The summed E-state index contributed by atoms with van der Waals surface area (Å²) in [6.45, 7) is 3.69. The molecule has 1 fully saturated rings. The average molecular weight is 228 g/mol. The van der Waals surface area contributed by atoms with Crippen molar-refractivity contribution in [3.05, 3.63) is 0 Å². The Morgan fingerprint density at radius 2 is 1.94 bits per heavy atom. The Kier molecular flexibility index (Phi) is 4.74. The number of hydrogen-bond acceptors (Lipinski definition) is 3. The summed E-state index contributed by atoms with van der Waals surface area (Å²) in [5.74, 6) is -0.139. The second kappa shape index (κ2) is 5.64. The van der Waals surface area contributed by atoms with Gasteiger partial charge in [0.05, 0.1) is 18.1 Å². The van der Waals surface area contributed by atoms with E-state index >= 15 is 0 Å². The molecule has 0 saturated heterocycles. The number of amides is 1. The van der Waals surface area contributed by atoms with Gasteiger partial charge in [-0.25, -0.2) is 0 Å². The van der Waals surface area contributed by atoms with Crippen molar-refractivity contribution >= 4 is 5.91 Å². The molecule has 4 atom stereocenters. The van der Waals surface area contributed by atoms with Crippen LogP contribution in [0.2, 0.25) is 0 Å². The van der Waals surface area contributed by atoms with E-state index in [2.05, 4.69) is 0 Å². The van der Waals surface area contributed by atoms with Crippen LogP contribution in [0.15, 0.2) is 0 Å². The van der Waals surface area contributed by atoms with Crippen molar-refractivity contribution in [2.75, 3.05) is 7.05 Å². The Morgan fingerprint density at radius 3 is 2.44 bits per heavy atom. The van der Waals surface area contributed by atoms with E-state index < -0.39 is 0 Å². The van der Waals surface area contributed by atoms with Crippen LogP contribution in [0.3, 0.4) is 0 Å². The van der Waals surface area contributed by atoms with E-state index in [1.54, 1.807) is 11.9 Å². The Balaban J connectivity index is 2.61. The van der Waals surface area contributed by atoms with Crippen molar-refractivity contribution in [1.82, 2.24) is 4.90 Å². The minimum atomic E-state index is -0.372. The van der Waals surface area contributed by atoms with Crippen molar-refractivity contribution in [3.63, 3.8) is 0 Å². The maximum atomic E-state index is 12.1. The summed E-state index contributed by atoms with van der Waals surface area (Å²) in [4.78, 5) is 13.8. The van der Waals surface area contributed by atoms with Crippen LogP contribution in [0.4, 0.5) is 0 Å². The highest BCUT2D eigenvalue weighted by atomic mass is 16.3. The Bertz CT molecular complexity index is 243. The van der Waals surface area contributed by atoms with Gasteiger partial charge in [0.25, 0.3) is 0 Å². The summed E-state index contributed by atoms with van der Waals surface area (Å²) in [6, 6.07) is -0.168. The minimum Gasteiger partial charge on any atom is -0.391 e. The van der Waals surface area contributed by atoms with Crippen LogP contribution in [0.25, 0.3) is 0 Å². The summed E-state index contributed by atoms with van der Waals surface area (Å²) in [6.07, 6.45) is 3.47. The molecule has 1 aliphatic carbocycles. The first-order valence-electron chi connectivity index (χ1n) is 6.15. The number of nitrogens with zero attached hydrogens (tertiary/aromatic N) is 1. The normalized spacial score (nSPS) is 29.6. The smallest absolute Gasteiger partial charge is 0.227 e. The van der Waals surface area contributed by atoms with Gasteiger partial charge in [-0.15, -0.1) is 0 Å². The third kappa shape index (κ3) is 2.95. The van der Waals surface area contributed by atoms with Crippen molar-refractivity contribution in [1.29, 1.82) is 0 Å². The summed E-state index contributed by atoms with van der Waals surface area (Å²) >= 11 is 0. The SMILES string of the molecule is CC(N)C(C)C(=O)N(C)C1CCCCC1O. The first kappa shape index (κ1) is 13.5. The van der Waals surface area contributed by atoms with Crippen molar-refractivity contribution in [2.45, 2.75) is 57.7 Å². The molecule has 0 bridgehead atoms. The maximum absolute atomic E-state index is 12.1. The second-order valence-electron chi connectivity index (χ2n) is 5.02. The molecule has 1 rings (SSSR count). The van der Waals surface area contributed by atoms with E-state index in [9.17, 15) is 9.90 Å². The molecule has 4 nitrogen and oxygen atoms in total. The highest BCUT2D eigenvalue weighted by Gasteiger charge is 2.31. The molecule has 1 aliphatic rings. The average Bonchev–Trinajstić information content (AvgIpc) is 2.26. The number of aliphatic hydroxyl groups is 1. The lowest BCUT2D eigenvalue weighted by Crippen LogP contribution is -2.50. The molecule has 0 radical (unpaired) electrons. The zero-order valence-corrected chi connectivity index (χ0v) is 10.5. The van der Waals surface area contributed by atoms with E-state index in [1.807, 2.05) is 13.8 Å². The molecular formula is C12H24N2O2. The topological polar surface area (TPSA) is 66.6 Å². The molecular weight excluding hydrogens is 204 g/mol. The summed E-state index contributed by atoms with van der Waals surface area (Å²) in [5, 5.41) is 9.88. The zero-order valence-electron chi connectivity index (χ0n) is 10.5. The molecule has 1 saturated carbocycles. The molecule has 4 heteroatoms. The van der Waals surface area contributed by atoms with Crippen LogP contribution >= 0.6 is 0 Å². The molecule has 0 aromatic carbocycles. The molecule has 16 heavy (non-hydrogen) atoms. The zero-order chi connectivity index (χ0) is 12.3. The standard InChI is InChI=1S/C12H24N2O2/c1-8(9(2)13)12(16)14(3)10-6-4-5-7-11(10)15/h8-11,15H,4-7,13H2,1-3H3. The number of carbonyl (C=O) groups excluding carboxylic acids is 1. The molecule has 0 aromatic heterocycles. The van der Waals surface area contributed by atoms with Crippen LogP contribution in [0.5, 0.6) is 0 Å². The lowest BCUT2D eigenvalue weighted by molar-refractivity contribution is -0.139. The van der Waals surface area contributed by atoms with Gasteiger partial charge in [-0.2, -0.15) is 0 Å². The predicted molar refractivity (Wildman–Crippen MR) is 63.8 cm³/mol. The van der Waals surface area contributed by atoms with Gasteiger partial charge in [-0.1, -0.05) is 19.8 Å². The number of carbonyl (C=O) groups is 1. The van der Waals surface area contributed by atoms with Crippen LogP contribution in [0, 0.1) is 5.92 Å². The van der Waals surface area contributed by atoms with Gasteiger partial charge in [0.2, 0.25) is 5.91 Å². The third-order valence-corrected chi connectivity index (χ3v) is 3.72. The van der Waals surface area contributed by atoms with E-state index in [0.717, 1.165) is 25.7 Å². The molecule has 0 heterocycles. The fourth-order valence-electron chi connectivity index (χ4n) is 2.25. The van der Waals surface area contributed by atoms with Gasteiger partial charge >= 0.3 is 0 Å². The quantitative estimate of drug-likeness (QED) is 0.748. The van der Waals surface area contributed by atoms with Gasteiger partial charge in [-0.3, -0.25) is 4.79 Å². The molecule has 0 aliphatic heterocycles. The fourth-order valence-corrected chi connectivity index (χ4v) is 2.25. The monoisotopic (exact) mass is 228 g/mol. The van der Waals surface area contributed by atoms with Crippen LogP contribution in [-0.4, -0.2) is 41.1 Å². The molecule has 94 valence electrons. The minimum absolute atomic E-state index is 0.0255. The number of nitrogens with two attached hydrogens (primary N) is 1. The first-order valence-corrected chi connectivity index (χ1v) is 6.15.